The van der Waals surface area contributed by atoms with E-state index in [1.807, 2.05) is 26.8 Å². The van der Waals surface area contributed by atoms with E-state index in [9.17, 15) is 4.79 Å². The first-order chi connectivity index (χ1) is 13.4. The lowest BCUT2D eigenvalue weighted by Crippen LogP contribution is -2.56. The summed E-state index contributed by atoms with van der Waals surface area (Å²) in [4.78, 5) is 19.9. The third kappa shape index (κ3) is 4.28. The minimum absolute atomic E-state index is 0.287. The van der Waals surface area contributed by atoms with E-state index in [0.717, 1.165) is 63.7 Å². The SMILES string of the molecule is CC(C)(C)C(=O)N1CCC[C@H](N2CCN(Cc3ccc4c(c3)OCO4)CC2)C1. The molecule has 1 atom stereocenters. The van der Waals surface area contributed by atoms with Crippen LogP contribution in [-0.2, 0) is 11.3 Å². The molecule has 0 unspecified atom stereocenters. The van der Waals surface area contributed by atoms with Crippen LogP contribution in [0.3, 0.4) is 0 Å². The van der Waals surface area contributed by atoms with Gasteiger partial charge in [0.2, 0.25) is 12.7 Å². The van der Waals surface area contributed by atoms with Crippen LogP contribution in [0.2, 0.25) is 0 Å². The van der Waals surface area contributed by atoms with E-state index in [4.69, 9.17) is 9.47 Å². The number of hydrogen-bond donors (Lipinski definition) is 0. The Bertz CT molecular complexity index is 707. The van der Waals surface area contributed by atoms with Crippen molar-refractivity contribution in [3.63, 3.8) is 0 Å². The average molecular weight is 388 g/mol. The zero-order chi connectivity index (χ0) is 19.7. The number of nitrogens with zero attached hydrogens (tertiary/aromatic N) is 3. The molecule has 3 aliphatic heterocycles. The molecule has 0 radical (unpaired) electrons. The molecule has 4 rings (SSSR count). The molecule has 0 aliphatic carbocycles. The van der Waals surface area contributed by atoms with Crippen LogP contribution in [0, 0.1) is 5.41 Å². The van der Waals surface area contributed by atoms with Crippen LogP contribution in [0.5, 0.6) is 11.5 Å². The van der Waals surface area contributed by atoms with E-state index in [0.29, 0.717) is 18.7 Å². The van der Waals surface area contributed by atoms with Crippen LogP contribution in [0.4, 0.5) is 0 Å². The smallest absolute Gasteiger partial charge is 0.231 e. The van der Waals surface area contributed by atoms with Crippen molar-refractivity contribution in [1.29, 1.82) is 0 Å². The van der Waals surface area contributed by atoms with Gasteiger partial charge in [0.25, 0.3) is 0 Å². The molecule has 2 saturated heterocycles. The summed E-state index contributed by atoms with van der Waals surface area (Å²) in [5, 5.41) is 0. The maximum Gasteiger partial charge on any atom is 0.231 e. The number of hydrogen-bond acceptors (Lipinski definition) is 5. The molecular weight excluding hydrogens is 354 g/mol. The van der Waals surface area contributed by atoms with Crippen LogP contribution >= 0.6 is 0 Å². The van der Waals surface area contributed by atoms with Crippen molar-refractivity contribution in [3.05, 3.63) is 23.8 Å². The normalized spacial score (nSPS) is 23.8. The van der Waals surface area contributed by atoms with Crippen molar-refractivity contribution < 1.29 is 14.3 Å². The van der Waals surface area contributed by atoms with Gasteiger partial charge < -0.3 is 14.4 Å². The van der Waals surface area contributed by atoms with Gasteiger partial charge in [-0.2, -0.15) is 0 Å². The van der Waals surface area contributed by atoms with Gasteiger partial charge in [-0.15, -0.1) is 0 Å². The first-order valence-electron chi connectivity index (χ1n) is 10.5. The number of piperidine rings is 1. The van der Waals surface area contributed by atoms with Crippen LogP contribution in [0.1, 0.15) is 39.2 Å². The largest absolute Gasteiger partial charge is 0.454 e. The summed E-state index contributed by atoms with van der Waals surface area (Å²) in [5.41, 5.74) is 0.989. The number of piperazine rings is 1. The first kappa shape index (κ1) is 19.5. The van der Waals surface area contributed by atoms with E-state index in [1.54, 1.807) is 0 Å². The van der Waals surface area contributed by atoms with Crippen molar-refractivity contribution in [2.45, 2.75) is 46.2 Å². The number of fused-ring (bicyclic) bond motifs is 1. The number of benzene rings is 1. The summed E-state index contributed by atoms with van der Waals surface area (Å²) in [6, 6.07) is 6.76. The van der Waals surface area contributed by atoms with E-state index in [1.165, 1.54) is 12.0 Å². The molecule has 1 amide bonds. The van der Waals surface area contributed by atoms with Crippen molar-refractivity contribution in [3.8, 4) is 11.5 Å². The van der Waals surface area contributed by atoms with Gasteiger partial charge in [-0.25, -0.2) is 0 Å². The van der Waals surface area contributed by atoms with Crippen LogP contribution in [0.25, 0.3) is 0 Å². The highest BCUT2D eigenvalue weighted by molar-refractivity contribution is 5.81. The predicted octanol–water partition coefficient (Wildman–Crippen LogP) is 2.57. The topological polar surface area (TPSA) is 45.3 Å². The van der Waals surface area contributed by atoms with Crippen molar-refractivity contribution in [1.82, 2.24) is 14.7 Å². The fourth-order valence-corrected chi connectivity index (χ4v) is 4.50. The minimum Gasteiger partial charge on any atom is -0.454 e. The molecule has 154 valence electrons. The number of amides is 1. The highest BCUT2D eigenvalue weighted by Gasteiger charge is 2.33. The monoisotopic (exact) mass is 387 g/mol. The van der Waals surface area contributed by atoms with Crippen LogP contribution in [0.15, 0.2) is 18.2 Å². The number of carbonyl (C=O) groups is 1. The van der Waals surface area contributed by atoms with Gasteiger partial charge in [0.15, 0.2) is 11.5 Å². The molecule has 1 aromatic rings. The number of ether oxygens (including phenoxy) is 2. The van der Waals surface area contributed by atoms with Crippen molar-refractivity contribution in [2.75, 3.05) is 46.1 Å². The van der Waals surface area contributed by atoms with Gasteiger partial charge in [-0.3, -0.25) is 14.6 Å². The highest BCUT2D eigenvalue weighted by Crippen LogP contribution is 2.33. The van der Waals surface area contributed by atoms with Crippen LogP contribution in [-0.4, -0.2) is 72.7 Å². The second kappa shape index (κ2) is 7.91. The minimum atomic E-state index is -0.287. The molecule has 0 N–H and O–H groups in total. The van der Waals surface area contributed by atoms with Gasteiger partial charge in [0, 0.05) is 57.3 Å². The summed E-state index contributed by atoms with van der Waals surface area (Å²) in [7, 11) is 0. The Kier molecular flexibility index (Phi) is 5.52. The summed E-state index contributed by atoms with van der Waals surface area (Å²) < 4.78 is 10.9. The molecule has 0 spiro atoms. The Hall–Kier alpha value is -1.79. The lowest BCUT2D eigenvalue weighted by atomic mass is 9.92. The number of likely N-dealkylation sites (tertiary alicyclic amines) is 1. The summed E-state index contributed by atoms with van der Waals surface area (Å²) >= 11 is 0. The predicted molar refractivity (Wildman–Crippen MR) is 108 cm³/mol. The summed E-state index contributed by atoms with van der Waals surface area (Å²) in [6.45, 7) is 13.4. The van der Waals surface area contributed by atoms with Gasteiger partial charge in [0.05, 0.1) is 0 Å². The van der Waals surface area contributed by atoms with Gasteiger partial charge in [0.1, 0.15) is 0 Å². The first-order valence-corrected chi connectivity index (χ1v) is 10.5. The van der Waals surface area contributed by atoms with E-state index >= 15 is 0 Å². The molecule has 0 bridgehead atoms. The van der Waals surface area contributed by atoms with Gasteiger partial charge in [-0.1, -0.05) is 26.8 Å². The average Bonchev–Trinajstić information content (AvgIpc) is 3.15. The third-order valence-electron chi connectivity index (χ3n) is 6.09. The summed E-state index contributed by atoms with van der Waals surface area (Å²) in [5.74, 6) is 2.00. The molecule has 6 heteroatoms. The Morgan fingerprint density at radius 1 is 1.07 bits per heavy atom. The van der Waals surface area contributed by atoms with Crippen molar-refractivity contribution >= 4 is 5.91 Å². The molecular formula is C22H33N3O3. The number of carbonyl (C=O) groups excluding carboxylic acids is 1. The molecule has 1 aromatic carbocycles. The maximum atomic E-state index is 12.7. The molecule has 3 aliphatic rings. The van der Waals surface area contributed by atoms with Crippen molar-refractivity contribution in [2.24, 2.45) is 5.41 Å². The second-order valence-electron chi connectivity index (χ2n) is 9.30. The molecule has 0 saturated carbocycles. The lowest BCUT2D eigenvalue weighted by molar-refractivity contribution is -0.141. The summed E-state index contributed by atoms with van der Waals surface area (Å²) in [6.07, 6.45) is 2.32. The quantitative estimate of drug-likeness (QED) is 0.798. The Balaban J connectivity index is 1.28. The Morgan fingerprint density at radius 2 is 1.82 bits per heavy atom. The Morgan fingerprint density at radius 3 is 2.57 bits per heavy atom. The van der Waals surface area contributed by atoms with E-state index < -0.39 is 0 Å². The van der Waals surface area contributed by atoms with E-state index in [-0.39, 0.29) is 5.41 Å². The standard InChI is InChI=1S/C22H33N3O3/c1-22(2,3)21(26)25-8-4-5-18(15-25)24-11-9-23(10-12-24)14-17-6-7-19-20(13-17)28-16-27-19/h6-7,13,18H,4-5,8-12,14-16H2,1-3H3/t18-/m0/s1. The fraction of sp³-hybridized carbons (Fsp3) is 0.682. The molecule has 28 heavy (non-hydrogen) atoms. The van der Waals surface area contributed by atoms with Gasteiger partial charge >= 0.3 is 0 Å². The maximum absolute atomic E-state index is 12.7. The Labute approximate surface area is 168 Å². The molecule has 3 heterocycles. The molecule has 6 nitrogen and oxygen atoms in total. The molecule has 0 aromatic heterocycles. The lowest BCUT2D eigenvalue weighted by Gasteiger charge is -2.44. The highest BCUT2D eigenvalue weighted by atomic mass is 16.7. The van der Waals surface area contributed by atoms with Crippen LogP contribution < -0.4 is 9.47 Å². The fourth-order valence-electron chi connectivity index (χ4n) is 4.50. The molecule has 2 fully saturated rings. The van der Waals surface area contributed by atoms with Gasteiger partial charge in [-0.05, 0) is 30.5 Å². The third-order valence-corrected chi connectivity index (χ3v) is 6.09. The zero-order valence-corrected chi connectivity index (χ0v) is 17.4. The van der Waals surface area contributed by atoms with E-state index in [2.05, 4.69) is 26.8 Å². The second-order valence-corrected chi connectivity index (χ2v) is 9.30. The zero-order valence-electron chi connectivity index (χ0n) is 17.4. The number of rotatable bonds is 3.